The van der Waals surface area contributed by atoms with Gasteiger partial charge in [0.25, 0.3) is 6.29 Å². The van der Waals surface area contributed by atoms with Gasteiger partial charge in [0.2, 0.25) is 0 Å². The molecule has 28 heavy (non-hydrogen) atoms. The molecule has 0 saturated heterocycles. The SMILES string of the molecule is CC(N)C(Oc1ccccc1)Oc1ccc(Nc2ccc(F)cc2)c(C=N)c1. The summed E-state index contributed by atoms with van der Waals surface area (Å²) in [6.45, 7) is 1.80. The Labute approximate surface area is 163 Å². The third-order valence-corrected chi connectivity index (χ3v) is 3.98. The maximum atomic E-state index is 13.1. The second-order valence-corrected chi connectivity index (χ2v) is 6.30. The summed E-state index contributed by atoms with van der Waals surface area (Å²) >= 11 is 0. The van der Waals surface area contributed by atoms with E-state index in [-0.39, 0.29) is 11.9 Å². The first-order valence-corrected chi connectivity index (χ1v) is 8.86. The molecule has 2 atom stereocenters. The van der Waals surface area contributed by atoms with E-state index >= 15 is 0 Å². The first kappa shape index (κ1) is 19.4. The van der Waals surface area contributed by atoms with Crippen molar-refractivity contribution in [2.45, 2.75) is 19.3 Å². The van der Waals surface area contributed by atoms with E-state index in [0.717, 1.165) is 5.69 Å². The van der Waals surface area contributed by atoms with Gasteiger partial charge in [-0.2, -0.15) is 0 Å². The summed E-state index contributed by atoms with van der Waals surface area (Å²) in [6.07, 6.45) is 0.536. The van der Waals surface area contributed by atoms with Gasteiger partial charge in [-0.3, -0.25) is 0 Å². The molecule has 5 nitrogen and oxygen atoms in total. The number of ether oxygens (including phenoxy) is 2. The van der Waals surface area contributed by atoms with E-state index in [1.807, 2.05) is 30.3 Å². The van der Waals surface area contributed by atoms with Gasteiger partial charge in [0, 0.05) is 23.2 Å². The molecule has 0 heterocycles. The summed E-state index contributed by atoms with van der Waals surface area (Å²) < 4.78 is 24.8. The predicted molar refractivity (Wildman–Crippen MR) is 109 cm³/mol. The average molecular weight is 379 g/mol. The summed E-state index contributed by atoms with van der Waals surface area (Å²) in [6, 6.07) is 20.2. The highest BCUT2D eigenvalue weighted by atomic mass is 19.1. The lowest BCUT2D eigenvalue weighted by Crippen LogP contribution is -2.41. The fourth-order valence-electron chi connectivity index (χ4n) is 2.54. The minimum atomic E-state index is -0.683. The molecule has 0 aromatic heterocycles. The summed E-state index contributed by atoms with van der Waals surface area (Å²) in [7, 11) is 0. The van der Waals surface area contributed by atoms with Gasteiger partial charge in [-0.1, -0.05) is 18.2 Å². The molecule has 0 aliphatic carbocycles. The van der Waals surface area contributed by atoms with Gasteiger partial charge >= 0.3 is 0 Å². The number of para-hydroxylation sites is 1. The largest absolute Gasteiger partial charge is 0.453 e. The monoisotopic (exact) mass is 379 g/mol. The van der Waals surface area contributed by atoms with Crippen molar-refractivity contribution in [2.24, 2.45) is 5.73 Å². The van der Waals surface area contributed by atoms with Crippen LogP contribution in [0, 0.1) is 11.2 Å². The Hall–Kier alpha value is -3.38. The van der Waals surface area contributed by atoms with Crippen molar-refractivity contribution in [3.05, 3.63) is 84.2 Å². The molecule has 3 aromatic rings. The number of hydrogen-bond acceptors (Lipinski definition) is 5. The third kappa shape index (κ3) is 5.08. The summed E-state index contributed by atoms with van der Waals surface area (Å²) in [5, 5.41) is 10.9. The molecule has 3 aromatic carbocycles. The predicted octanol–water partition coefficient (Wildman–Crippen LogP) is 4.70. The number of hydrogen-bond donors (Lipinski definition) is 3. The zero-order valence-corrected chi connectivity index (χ0v) is 15.4. The standard InChI is InChI=1S/C22H22FN3O2/c1-15(25)22(27-19-5-3-2-4-6-19)28-20-11-12-21(16(13-20)14-24)26-18-9-7-17(23)8-10-18/h2-15,22,24,26H,25H2,1H3. The minimum Gasteiger partial charge on any atom is -0.453 e. The smallest absolute Gasteiger partial charge is 0.255 e. The summed E-state index contributed by atoms with van der Waals surface area (Å²) in [5.74, 6) is 0.884. The lowest BCUT2D eigenvalue weighted by atomic mass is 10.1. The molecule has 0 aliphatic rings. The molecule has 0 aliphatic heterocycles. The van der Waals surface area contributed by atoms with Crippen LogP contribution in [0.3, 0.4) is 0 Å². The third-order valence-electron chi connectivity index (χ3n) is 3.98. The van der Waals surface area contributed by atoms with Gasteiger partial charge in [-0.15, -0.1) is 0 Å². The van der Waals surface area contributed by atoms with E-state index in [0.29, 0.717) is 22.7 Å². The Kier molecular flexibility index (Phi) is 6.24. The van der Waals surface area contributed by atoms with E-state index in [4.69, 9.17) is 20.6 Å². The van der Waals surface area contributed by atoms with Gasteiger partial charge in [-0.05, 0) is 61.5 Å². The Morgan fingerprint density at radius 2 is 1.64 bits per heavy atom. The lowest BCUT2D eigenvalue weighted by molar-refractivity contribution is -0.00990. The van der Waals surface area contributed by atoms with Gasteiger partial charge in [0.05, 0.1) is 6.04 Å². The normalized spacial score (nSPS) is 12.7. The summed E-state index contributed by atoms with van der Waals surface area (Å²) in [5.41, 5.74) is 8.05. The highest BCUT2D eigenvalue weighted by molar-refractivity contribution is 5.88. The van der Waals surface area contributed by atoms with E-state index in [2.05, 4.69) is 5.32 Å². The van der Waals surface area contributed by atoms with Crippen molar-refractivity contribution >= 4 is 17.6 Å². The maximum Gasteiger partial charge on any atom is 0.255 e. The molecule has 0 fully saturated rings. The van der Waals surface area contributed by atoms with Crippen molar-refractivity contribution in [2.75, 3.05) is 5.32 Å². The molecule has 3 rings (SSSR count). The van der Waals surface area contributed by atoms with E-state index in [9.17, 15) is 4.39 Å². The van der Waals surface area contributed by atoms with Crippen LogP contribution in [-0.4, -0.2) is 18.5 Å². The molecule has 2 unspecified atom stereocenters. The highest BCUT2D eigenvalue weighted by Gasteiger charge is 2.18. The molecule has 4 N–H and O–H groups in total. The highest BCUT2D eigenvalue weighted by Crippen LogP contribution is 2.26. The van der Waals surface area contributed by atoms with Crippen LogP contribution in [0.5, 0.6) is 11.5 Å². The Morgan fingerprint density at radius 1 is 0.964 bits per heavy atom. The number of nitrogens with one attached hydrogen (secondary N) is 2. The Morgan fingerprint density at radius 3 is 2.29 bits per heavy atom. The van der Waals surface area contributed by atoms with Gasteiger partial charge in [0.1, 0.15) is 17.3 Å². The molecule has 0 saturated carbocycles. The average Bonchev–Trinajstić information content (AvgIpc) is 2.71. The van der Waals surface area contributed by atoms with Gasteiger partial charge < -0.3 is 25.9 Å². The zero-order valence-electron chi connectivity index (χ0n) is 15.4. The first-order valence-electron chi connectivity index (χ1n) is 8.86. The fourth-order valence-corrected chi connectivity index (χ4v) is 2.54. The van der Waals surface area contributed by atoms with Crippen molar-refractivity contribution in [1.82, 2.24) is 0 Å². The number of nitrogens with two attached hydrogens (primary N) is 1. The molecule has 0 spiro atoms. The van der Waals surface area contributed by atoms with Crippen LogP contribution in [0.15, 0.2) is 72.8 Å². The molecular formula is C22H22FN3O2. The number of benzene rings is 3. The summed E-state index contributed by atoms with van der Waals surface area (Å²) in [4.78, 5) is 0. The van der Waals surface area contributed by atoms with E-state index in [1.54, 1.807) is 37.3 Å². The number of halogens is 1. The minimum absolute atomic E-state index is 0.304. The second kappa shape index (κ2) is 9.01. The van der Waals surface area contributed by atoms with Gasteiger partial charge in [-0.25, -0.2) is 4.39 Å². The van der Waals surface area contributed by atoms with Crippen molar-refractivity contribution < 1.29 is 13.9 Å². The molecule has 0 bridgehead atoms. The molecule has 144 valence electrons. The maximum absolute atomic E-state index is 13.1. The first-order chi connectivity index (χ1) is 13.5. The van der Waals surface area contributed by atoms with Crippen molar-refractivity contribution in [3.8, 4) is 11.5 Å². The van der Waals surface area contributed by atoms with Crippen LogP contribution in [0.25, 0.3) is 0 Å². The van der Waals surface area contributed by atoms with Crippen molar-refractivity contribution in [3.63, 3.8) is 0 Å². The fraction of sp³-hybridized carbons (Fsp3) is 0.136. The zero-order chi connectivity index (χ0) is 19.9. The molecule has 0 amide bonds. The lowest BCUT2D eigenvalue weighted by Gasteiger charge is -2.24. The van der Waals surface area contributed by atoms with Crippen LogP contribution in [0.4, 0.5) is 15.8 Å². The van der Waals surface area contributed by atoms with Gasteiger partial charge in [0.15, 0.2) is 0 Å². The van der Waals surface area contributed by atoms with Crippen LogP contribution >= 0.6 is 0 Å². The quantitative estimate of drug-likeness (QED) is 0.391. The van der Waals surface area contributed by atoms with Crippen molar-refractivity contribution in [1.29, 1.82) is 5.41 Å². The van der Waals surface area contributed by atoms with E-state index < -0.39 is 6.29 Å². The van der Waals surface area contributed by atoms with Crippen LogP contribution in [0.2, 0.25) is 0 Å². The molecular weight excluding hydrogens is 357 g/mol. The van der Waals surface area contributed by atoms with Crippen LogP contribution < -0.4 is 20.5 Å². The Balaban J connectivity index is 1.76. The molecule has 0 radical (unpaired) electrons. The van der Waals surface area contributed by atoms with E-state index in [1.165, 1.54) is 18.3 Å². The van der Waals surface area contributed by atoms with Crippen LogP contribution in [-0.2, 0) is 0 Å². The number of rotatable bonds is 8. The second-order valence-electron chi connectivity index (χ2n) is 6.30. The number of anilines is 2. The molecule has 6 heteroatoms. The topological polar surface area (TPSA) is 80.4 Å². The Bertz CT molecular complexity index is 915. The van der Waals surface area contributed by atoms with Crippen LogP contribution in [0.1, 0.15) is 12.5 Å².